The number of aliphatic hydroxyl groups is 1. The van der Waals surface area contributed by atoms with Gasteiger partial charge in [0.1, 0.15) is 17.2 Å². The SMILES string of the molecule is COC(=O)C(=C(O)CSc1nnc(NC2CC2)s1)c1nc2ccccc2[nH]1. The molecule has 1 saturated carbocycles. The Morgan fingerprint density at radius 2 is 2.22 bits per heavy atom. The number of anilines is 1. The number of aromatic nitrogens is 4. The lowest BCUT2D eigenvalue weighted by Gasteiger charge is -2.06. The molecule has 0 spiro atoms. The van der Waals surface area contributed by atoms with E-state index in [-0.39, 0.29) is 22.9 Å². The lowest BCUT2D eigenvalue weighted by atomic mass is 10.2. The van der Waals surface area contributed by atoms with Crippen molar-refractivity contribution in [3.63, 3.8) is 0 Å². The minimum absolute atomic E-state index is 0.0158. The fourth-order valence-corrected chi connectivity index (χ4v) is 4.16. The third kappa shape index (κ3) is 4.06. The number of esters is 1. The molecule has 1 aromatic carbocycles. The predicted molar refractivity (Wildman–Crippen MR) is 105 cm³/mol. The second-order valence-electron chi connectivity index (χ2n) is 6.00. The number of para-hydroxylation sites is 2. The minimum Gasteiger partial charge on any atom is -0.510 e. The Morgan fingerprint density at radius 3 is 2.96 bits per heavy atom. The van der Waals surface area contributed by atoms with Gasteiger partial charge in [0.2, 0.25) is 5.13 Å². The number of aliphatic hydroxyl groups excluding tert-OH is 1. The fraction of sp³-hybridized carbons (Fsp3) is 0.294. The third-order valence-corrected chi connectivity index (χ3v) is 5.95. The number of aromatic amines is 1. The number of carbonyl (C=O) groups excluding carboxylic acids is 1. The van der Waals surface area contributed by atoms with E-state index in [4.69, 9.17) is 4.74 Å². The highest BCUT2D eigenvalue weighted by molar-refractivity contribution is 8.01. The van der Waals surface area contributed by atoms with Gasteiger partial charge in [-0.2, -0.15) is 0 Å². The molecule has 0 bridgehead atoms. The van der Waals surface area contributed by atoms with Crippen LogP contribution in [-0.2, 0) is 9.53 Å². The number of carbonyl (C=O) groups is 1. The standard InChI is InChI=1S/C17H17N5O3S2/c1-25-15(24)13(14-19-10-4-2-3-5-11(10)20-14)12(23)8-26-17-22-21-16(27-17)18-9-6-7-9/h2-5,9,23H,6-8H2,1H3,(H,18,21)(H,19,20). The highest BCUT2D eigenvalue weighted by Gasteiger charge is 2.24. The van der Waals surface area contributed by atoms with E-state index in [1.165, 1.54) is 30.2 Å². The van der Waals surface area contributed by atoms with E-state index in [1.54, 1.807) is 0 Å². The smallest absolute Gasteiger partial charge is 0.345 e. The summed E-state index contributed by atoms with van der Waals surface area (Å²) in [5, 5.41) is 22.8. The zero-order valence-electron chi connectivity index (χ0n) is 14.4. The molecule has 8 nitrogen and oxygen atoms in total. The van der Waals surface area contributed by atoms with Crippen molar-refractivity contribution in [3.05, 3.63) is 35.8 Å². The second kappa shape index (κ2) is 7.57. The van der Waals surface area contributed by atoms with Gasteiger partial charge in [-0.1, -0.05) is 35.2 Å². The first kappa shape index (κ1) is 17.8. The molecule has 0 radical (unpaired) electrons. The summed E-state index contributed by atoms with van der Waals surface area (Å²) in [6.07, 6.45) is 2.32. The number of rotatable bonds is 7. The largest absolute Gasteiger partial charge is 0.510 e. The van der Waals surface area contributed by atoms with Gasteiger partial charge in [0.05, 0.1) is 23.9 Å². The molecule has 4 rings (SSSR count). The average molecular weight is 403 g/mol. The Kier molecular flexibility index (Phi) is 4.99. The number of hydrogen-bond acceptors (Lipinski definition) is 9. The van der Waals surface area contributed by atoms with Crippen molar-refractivity contribution in [3.8, 4) is 0 Å². The number of ether oxygens (including phenoxy) is 1. The monoisotopic (exact) mass is 403 g/mol. The second-order valence-corrected chi connectivity index (χ2v) is 8.20. The molecule has 1 fully saturated rings. The number of imidazole rings is 1. The van der Waals surface area contributed by atoms with Crippen LogP contribution in [0.4, 0.5) is 5.13 Å². The lowest BCUT2D eigenvalue weighted by Crippen LogP contribution is -2.09. The topological polar surface area (TPSA) is 113 Å². The zero-order chi connectivity index (χ0) is 18.8. The van der Waals surface area contributed by atoms with E-state index in [2.05, 4.69) is 25.5 Å². The Labute approximate surface area is 163 Å². The number of methoxy groups -OCH3 is 1. The van der Waals surface area contributed by atoms with Crippen molar-refractivity contribution in [2.75, 3.05) is 18.2 Å². The number of nitrogens with zero attached hydrogens (tertiary/aromatic N) is 3. The van der Waals surface area contributed by atoms with Crippen LogP contribution in [0.5, 0.6) is 0 Å². The molecule has 27 heavy (non-hydrogen) atoms. The molecular formula is C17H17N5O3S2. The molecule has 3 aromatic rings. The van der Waals surface area contributed by atoms with Crippen LogP contribution in [-0.4, -0.2) is 50.1 Å². The first-order chi connectivity index (χ1) is 13.1. The van der Waals surface area contributed by atoms with Crippen LogP contribution < -0.4 is 5.32 Å². The fourth-order valence-electron chi connectivity index (χ4n) is 2.46. The summed E-state index contributed by atoms with van der Waals surface area (Å²) in [4.78, 5) is 19.7. The van der Waals surface area contributed by atoms with Crippen LogP contribution in [0.15, 0.2) is 34.4 Å². The molecule has 140 valence electrons. The quantitative estimate of drug-likeness (QED) is 0.238. The van der Waals surface area contributed by atoms with Crippen molar-refractivity contribution in [1.29, 1.82) is 0 Å². The van der Waals surface area contributed by atoms with Gasteiger partial charge in [-0.15, -0.1) is 10.2 Å². The van der Waals surface area contributed by atoms with E-state index in [0.29, 0.717) is 15.9 Å². The van der Waals surface area contributed by atoms with E-state index in [0.717, 1.165) is 23.5 Å². The summed E-state index contributed by atoms with van der Waals surface area (Å²) in [6, 6.07) is 7.90. The van der Waals surface area contributed by atoms with Gasteiger partial charge in [0, 0.05) is 6.04 Å². The van der Waals surface area contributed by atoms with Crippen LogP contribution in [0.25, 0.3) is 16.6 Å². The van der Waals surface area contributed by atoms with E-state index < -0.39 is 5.97 Å². The van der Waals surface area contributed by atoms with Crippen molar-refractivity contribution < 1.29 is 14.6 Å². The molecule has 2 heterocycles. The van der Waals surface area contributed by atoms with Gasteiger partial charge in [-0.05, 0) is 25.0 Å². The first-order valence-corrected chi connectivity index (χ1v) is 10.1. The number of nitrogens with one attached hydrogen (secondary N) is 2. The summed E-state index contributed by atoms with van der Waals surface area (Å²) in [5.74, 6) is -0.354. The maximum absolute atomic E-state index is 12.2. The van der Waals surface area contributed by atoms with Gasteiger partial charge in [0.15, 0.2) is 4.34 Å². The maximum Gasteiger partial charge on any atom is 0.345 e. The predicted octanol–water partition coefficient (Wildman–Crippen LogP) is 3.22. The summed E-state index contributed by atoms with van der Waals surface area (Å²) in [7, 11) is 1.27. The number of benzene rings is 1. The zero-order valence-corrected chi connectivity index (χ0v) is 16.1. The first-order valence-electron chi connectivity index (χ1n) is 8.32. The Hall–Kier alpha value is -2.59. The Morgan fingerprint density at radius 1 is 1.41 bits per heavy atom. The molecule has 1 aliphatic rings. The number of fused-ring (bicyclic) bond motifs is 1. The number of hydrogen-bond donors (Lipinski definition) is 3. The van der Waals surface area contributed by atoms with Crippen LogP contribution in [0.1, 0.15) is 18.7 Å². The van der Waals surface area contributed by atoms with E-state index in [1.807, 2.05) is 24.3 Å². The molecule has 2 aromatic heterocycles. The molecule has 10 heteroatoms. The highest BCUT2D eigenvalue weighted by atomic mass is 32.2. The molecule has 0 amide bonds. The molecule has 0 saturated heterocycles. The van der Waals surface area contributed by atoms with Crippen molar-refractivity contribution in [2.24, 2.45) is 0 Å². The maximum atomic E-state index is 12.2. The minimum atomic E-state index is -0.652. The molecular weight excluding hydrogens is 386 g/mol. The van der Waals surface area contributed by atoms with Crippen molar-refractivity contribution >= 4 is 50.8 Å². The molecule has 1 aliphatic carbocycles. The van der Waals surface area contributed by atoms with Crippen LogP contribution >= 0.6 is 23.1 Å². The van der Waals surface area contributed by atoms with Gasteiger partial charge < -0.3 is 20.1 Å². The Bertz CT molecular complexity index is 976. The van der Waals surface area contributed by atoms with Gasteiger partial charge in [-0.3, -0.25) is 0 Å². The van der Waals surface area contributed by atoms with Gasteiger partial charge in [0.25, 0.3) is 0 Å². The molecule has 0 unspecified atom stereocenters. The summed E-state index contributed by atoms with van der Waals surface area (Å²) < 4.78 is 5.54. The average Bonchev–Trinajstić information content (AvgIpc) is 3.20. The van der Waals surface area contributed by atoms with Gasteiger partial charge in [-0.25, -0.2) is 9.78 Å². The highest BCUT2D eigenvalue weighted by Crippen LogP contribution is 2.31. The van der Waals surface area contributed by atoms with Crippen molar-refractivity contribution in [1.82, 2.24) is 20.2 Å². The van der Waals surface area contributed by atoms with Crippen LogP contribution in [0.2, 0.25) is 0 Å². The molecule has 0 atom stereocenters. The van der Waals surface area contributed by atoms with Gasteiger partial charge >= 0.3 is 5.97 Å². The Balaban J connectivity index is 1.55. The normalized spacial score (nSPS) is 14.9. The summed E-state index contributed by atoms with van der Waals surface area (Å²) in [5.41, 5.74) is 1.49. The van der Waals surface area contributed by atoms with E-state index >= 15 is 0 Å². The van der Waals surface area contributed by atoms with Crippen LogP contribution in [0.3, 0.4) is 0 Å². The third-order valence-electron chi connectivity index (χ3n) is 3.95. The lowest BCUT2D eigenvalue weighted by molar-refractivity contribution is -0.133. The number of H-pyrrole nitrogens is 1. The summed E-state index contributed by atoms with van der Waals surface area (Å²) >= 11 is 2.73. The van der Waals surface area contributed by atoms with E-state index in [9.17, 15) is 9.90 Å². The summed E-state index contributed by atoms with van der Waals surface area (Å²) in [6.45, 7) is 0. The molecule has 0 aliphatic heterocycles. The van der Waals surface area contributed by atoms with Crippen molar-refractivity contribution in [2.45, 2.75) is 23.2 Å². The number of thioether (sulfide) groups is 1. The van der Waals surface area contributed by atoms with Crippen LogP contribution in [0, 0.1) is 0 Å². The molecule has 3 N–H and O–H groups in total.